The first-order valence-corrected chi connectivity index (χ1v) is 6.28. The van der Waals surface area contributed by atoms with E-state index in [-0.39, 0.29) is 11.6 Å². The highest BCUT2D eigenvalue weighted by atomic mass is 19.1. The number of hydrogen-bond acceptors (Lipinski definition) is 3. The molecule has 100 valence electrons. The number of methoxy groups -OCH3 is 1. The minimum atomic E-state index is -0.858. The van der Waals surface area contributed by atoms with E-state index < -0.39 is 5.60 Å². The second kappa shape index (κ2) is 5.24. The van der Waals surface area contributed by atoms with Crippen LogP contribution < -0.4 is 10.1 Å². The van der Waals surface area contributed by atoms with E-state index in [4.69, 9.17) is 4.74 Å². The van der Waals surface area contributed by atoms with Crippen molar-refractivity contribution in [3.8, 4) is 5.75 Å². The van der Waals surface area contributed by atoms with Gasteiger partial charge in [0.05, 0.1) is 12.7 Å². The van der Waals surface area contributed by atoms with Crippen LogP contribution in [0.25, 0.3) is 0 Å². The largest absolute Gasteiger partial charge is 0.494 e. The third-order valence-corrected chi connectivity index (χ3v) is 3.15. The Morgan fingerprint density at radius 2 is 2.22 bits per heavy atom. The molecule has 0 saturated heterocycles. The quantitative estimate of drug-likeness (QED) is 0.813. The number of rotatable bonds is 6. The van der Waals surface area contributed by atoms with Crippen molar-refractivity contribution in [2.24, 2.45) is 0 Å². The minimum Gasteiger partial charge on any atom is -0.494 e. The first-order chi connectivity index (χ1) is 8.50. The van der Waals surface area contributed by atoms with Gasteiger partial charge in [-0.1, -0.05) is 6.07 Å². The molecule has 0 spiro atoms. The van der Waals surface area contributed by atoms with E-state index in [9.17, 15) is 9.50 Å². The summed E-state index contributed by atoms with van der Waals surface area (Å²) in [5.41, 5.74) is -0.0835. The van der Waals surface area contributed by atoms with E-state index >= 15 is 0 Å². The van der Waals surface area contributed by atoms with Crippen molar-refractivity contribution in [2.75, 3.05) is 13.7 Å². The maximum absolute atomic E-state index is 13.5. The smallest absolute Gasteiger partial charge is 0.165 e. The summed E-state index contributed by atoms with van der Waals surface area (Å²) >= 11 is 0. The van der Waals surface area contributed by atoms with Gasteiger partial charge in [0.15, 0.2) is 11.6 Å². The van der Waals surface area contributed by atoms with Crippen LogP contribution in [0.2, 0.25) is 0 Å². The van der Waals surface area contributed by atoms with Gasteiger partial charge in [0.1, 0.15) is 0 Å². The van der Waals surface area contributed by atoms with Crippen LogP contribution in [0, 0.1) is 5.82 Å². The molecule has 1 aromatic carbocycles. The van der Waals surface area contributed by atoms with Crippen molar-refractivity contribution in [1.29, 1.82) is 0 Å². The van der Waals surface area contributed by atoms with Crippen LogP contribution in [0.3, 0.4) is 0 Å². The van der Waals surface area contributed by atoms with Gasteiger partial charge in [0.25, 0.3) is 0 Å². The molecule has 1 aromatic rings. The molecule has 2 rings (SSSR count). The lowest BCUT2D eigenvalue weighted by atomic mass is 9.96. The molecule has 1 aliphatic rings. The Morgan fingerprint density at radius 1 is 1.50 bits per heavy atom. The summed E-state index contributed by atoms with van der Waals surface area (Å²) in [5.74, 6) is -0.157. The Balaban J connectivity index is 1.95. The van der Waals surface area contributed by atoms with Crippen LogP contribution in [-0.2, 0) is 6.42 Å². The lowest BCUT2D eigenvalue weighted by Gasteiger charge is -2.24. The molecular weight excluding hydrogens is 233 g/mol. The Morgan fingerprint density at radius 3 is 2.78 bits per heavy atom. The molecule has 1 atom stereocenters. The molecule has 1 unspecified atom stereocenters. The van der Waals surface area contributed by atoms with Gasteiger partial charge in [-0.15, -0.1) is 0 Å². The fraction of sp³-hybridized carbons (Fsp3) is 0.571. The molecule has 1 fully saturated rings. The fourth-order valence-corrected chi connectivity index (χ4v) is 1.97. The summed E-state index contributed by atoms with van der Waals surface area (Å²) in [4.78, 5) is 0. The second-order valence-electron chi connectivity index (χ2n) is 5.30. The molecule has 3 nitrogen and oxygen atoms in total. The van der Waals surface area contributed by atoms with Gasteiger partial charge in [0.2, 0.25) is 0 Å². The monoisotopic (exact) mass is 253 g/mol. The van der Waals surface area contributed by atoms with E-state index in [1.165, 1.54) is 26.0 Å². The van der Waals surface area contributed by atoms with E-state index in [1.54, 1.807) is 19.1 Å². The summed E-state index contributed by atoms with van der Waals surface area (Å²) in [6.45, 7) is 2.30. The molecule has 4 heteroatoms. The predicted molar refractivity (Wildman–Crippen MR) is 68.3 cm³/mol. The van der Waals surface area contributed by atoms with Gasteiger partial charge >= 0.3 is 0 Å². The van der Waals surface area contributed by atoms with Crippen LogP contribution in [0.1, 0.15) is 25.3 Å². The third kappa shape index (κ3) is 3.68. The summed E-state index contributed by atoms with van der Waals surface area (Å²) in [7, 11) is 1.44. The van der Waals surface area contributed by atoms with E-state index in [2.05, 4.69) is 5.32 Å². The average molecular weight is 253 g/mol. The minimum absolute atomic E-state index is 0.231. The van der Waals surface area contributed by atoms with Crippen molar-refractivity contribution in [2.45, 2.75) is 37.8 Å². The number of nitrogens with one attached hydrogen (secondary N) is 1. The molecule has 2 N–H and O–H groups in total. The Labute approximate surface area is 107 Å². The van der Waals surface area contributed by atoms with Gasteiger partial charge in [-0.25, -0.2) is 4.39 Å². The highest BCUT2D eigenvalue weighted by Crippen LogP contribution is 2.22. The van der Waals surface area contributed by atoms with Crippen LogP contribution in [0.15, 0.2) is 18.2 Å². The highest BCUT2D eigenvalue weighted by molar-refractivity contribution is 5.30. The Kier molecular flexibility index (Phi) is 3.88. The third-order valence-electron chi connectivity index (χ3n) is 3.15. The van der Waals surface area contributed by atoms with Crippen LogP contribution in [0.4, 0.5) is 4.39 Å². The number of benzene rings is 1. The van der Waals surface area contributed by atoms with Gasteiger partial charge in [-0.3, -0.25) is 0 Å². The van der Waals surface area contributed by atoms with E-state index in [0.717, 1.165) is 5.56 Å². The predicted octanol–water partition coefficient (Wildman–Crippen LogP) is 1.88. The van der Waals surface area contributed by atoms with Gasteiger partial charge in [-0.05, 0) is 37.5 Å². The summed E-state index contributed by atoms with van der Waals surface area (Å²) < 4.78 is 18.4. The van der Waals surface area contributed by atoms with Crippen molar-refractivity contribution in [3.63, 3.8) is 0 Å². The first-order valence-electron chi connectivity index (χ1n) is 6.28. The van der Waals surface area contributed by atoms with Gasteiger partial charge in [-0.2, -0.15) is 0 Å². The van der Waals surface area contributed by atoms with Crippen LogP contribution in [0.5, 0.6) is 5.75 Å². The summed E-state index contributed by atoms with van der Waals surface area (Å²) in [6, 6.07) is 5.36. The molecule has 1 aliphatic carbocycles. The van der Waals surface area contributed by atoms with E-state index in [1.807, 2.05) is 0 Å². The molecule has 18 heavy (non-hydrogen) atoms. The normalized spacial score (nSPS) is 18.4. The topological polar surface area (TPSA) is 41.5 Å². The van der Waals surface area contributed by atoms with Gasteiger partial charge in [0, 0.05) is 19.0 Å². The fourth-order valence-electron chi connectivity index (χ4n) is 1.97. The zero-order valence-corrected chi connectivity index (χ0v) is 10.9. The van der Waals surface area contributed by atoms with Crippen LogP contribution in [-0.4, -0.2) is 30.4 Å². The van der Waals surface area contributed by atoms with Crippen molar-refractivity contribution in [3.05, 3.63) is 29.6 Å². The molecule has 0 aliphatic heterocycles. The number of aliphatic hydroxyl groups is 1. The lowest BCUT2D eigenvalue weighted by Crippen LogP contribution is -2.40. The molecule has 0 amide bonds. The zero-order valence-electron chi connectivity index (χ0n) is 10.9. The highest BCUT2D eigenvalue weighted by Gasteiger charge is 2.27. The number of hydrogen-bond donors (Lipinski definition) is 2. The Hall–Kier alpha value is -1.13. The SMILES string of the molecule is COc1ccc(CC(C)(O)CNC2CC2)cc1F. The lowest BCUT2D eigenvalue weighted by molar-refractivity contribution is 0.0597. The van der Waals surface area contributed by atoms with Crippen molar-refractivity contribution < 1.29 is 14.2 Å². The number of ether oxygens (including phenoxy) is 1. The van der Waals surface area contributed by atoms with Crippen molar-refractivity contribution >= 4 is 0 Å². The summed E-state index contributed by atoms with van der Waals surface area (Å²) in [6.07, 6.45) is 2.80. The van der Waals surface area contributed by atoms with E-state index in [0.29, 0.717) is 19.0 Å². The standard InChI is InChI=1S/C14H20FNO2/c1-14(17,9-16-11-4-5-11)8-10-3-6-13(18-2)12(15)7-10/h3,6-7,11,16-17H,4-5,8-9H2,1-2H3. The molecule has 0 radical (unpaired) electrons. The zero-order chi connectivity index (χ0) is 13.2. The number of halogens is 1. The molecule has 0 bridgehead atoms. The average Bonchev–Trinajstić information content (AvgIpc) is 3.10. The molecular formula is C14H20FNO2. The van der Waals surface area contributed by atoms with Crippen molar-refractivity contribution in [1.82, 2.24) is 5.32 Å². The molecule has 0 heterocycles. The first kappa shape index (κ1) is 13.3. The molecule has 1 saturated carbocycles. The maximum atomic E-state index is 13.5. The molecule has 0 aromatic heterocycles. The maximum Gasteiger partial charge on any atom is 0.165 e. The Bertz CT molecular complexity index is 416. The van der Waals surface area contributed by atoms with Crippen LogP contribution >= 0.6 is 0 Å². The van der Waals surface area contributed by atoms with Gasteiger partial charge < -0.3 is 15.2 Å². The summed E-state index contributed by atoms with van der Waals surface area (Å²) in [5, 5.41) is 13.5. The second-order valence-corrected chi connectivity index (χ2v) is 5.30.